The van der Waals surface area contributed by atoms with E-state index in [1.165, 1.54) is 38.4 Å². The fourth-order valence-corrected chi connectivity index (χ4v) is 7.76. The first-order valence-corrected chi connectivity index (χ1v) is 17.8. The Hall–Kier alpha value is -6.90. The molecule has 2 nitrogen and oxygen atoms in total. The Kier molecular flexibility index (Phi) is 7.18. The van der Waals surface area contributed by atoms with E-state index in [9.17, 15) is 0 Å². The first-order valence-electron chi connectivity index (χ1n) is 17.8. The molecule has 10 aromatic rings. The number of para-hydroxylation sites is 2. The summed E-state index contributed by atoms with van der Waals surface area (Å²) in [6, 6.07) is 71.7. The van der Waals surface area contributed by atoms with Crippen molar-refractivity contribution in [2.24, 2.45) is 0 Å². The van der Waals surface area contributed by atoms with Gasteiger partial charge in [-0.15, -0.1) is 0 Å². The standard InChI is InChI=1S/C50H33NO/c1-2-12-34(13-3-1)35-24-28-39(29-25-35)51(40-30-26-37(27-31-40)42-20-10-15-36-14-4-5-17-41(36)42)48-22-8-6-18-44(48)43-21-11-16-38-32-47-45-19-7-9-23-49(45)52-50(47)33-46(38)43/h1-33H. The van der Waals surface area contributed by atoms with Crippen molar-refractivity contribution in [2.75, 3.05) is 4.90 Å². The van der Waals surface area contributed by atoms with Crippen molar-refractivity contribution >= 4 is 60.5 Å². The SMILES string of the molecule is c1ccc(-c2ccc(N(c3ccc(-c4cccc5ccccc45)cc3)c3ccccc3-c3cccc4cc5c(cc34)oc3ccccc35)cc2)cc1. The monoisotopic (exact) mass is 663 g/mol. The number of rotatable bonds is 6. The second-order valence-electron chi connectivity index (χ2n) is 13.3. The van der Waals surface area contributed by atoms with Crippen molar-refractivity contribution in [1.29, 1.82) is 0 Å². The summed E-state index contributed by atoms with van der Waals surface area (Å²) in [6.07, 6.45) is 0. The second kappa shape index (κ2) is 12.5. The maximum absolute atomic E-state index is 6.38. The van der Waals surface area contributed by atoms with Crippen LogP contribution < -0.4 is 4.90 Å². The molecule has 0 aliphatic carbocycles. The van der Waals surface area contributed by atoms with Gasteiger partial charge in [0.15, 0.2) is 0 Å². The summed E-state index contributed by atoms with van der Waals surface area (Å²) in [4.78, 5) is 2.38. The number of fused-ring (bicyclic) bond motifs is 5. The van der Waals surface area contributed by atoms with E-state index in [0.717, 1.165) is 55.5 Å². The van der Waals surface area contributed by atoms with E-state index in [1.807, 2.05) is 12.1 Å². The Morgan fingerprint density at radius 1 is 0.308 bits per heavy atom. The van der Waals surface area contributed by atoms with Crippen LogP contribution in [0.15, 0.2) is 205 Å². The number of anilines is 3. The molecule has 2 heteroatoms. The first kappa shape index (κ1) is 30.0. The lowest BCUT2D eigenvalue weighted by Crippen LogP contribution is -2.11. The van der Waals surface area contributed by atoms with Crippen LogP contribution in [-0.4, -0.2) is 0 Å². The number of furan rings is 1. The van der Waals surface area contributed by atoms with Gasteiger partial charge in [0, 0.05) is 27.7 Å². The lowest BCUT2D eigenvalue weighted by atomic mass is 9.94. The summed E-state index contributed by atoms with van der Waals surface area (Å²) in [5, 5.41) is 7.12. The minimum absolute atomic E-state index is 0.899. The van der Waals surface area contributed by atoms with E-state index in [4.69, 9.17) is 4.42 Å². The van der Waals surface area contributed by atoms with Gasteiger partial charge in [-0.05, 0) is 97.9 Å². The summed E-state index contributed by atoms with van der Waals surface area (Å²) >= 11 is 0. The number of hydrogen-bond donors (Lipinski definition) is 0. The lowest BCUT2D eigenvalue weighted by molar-refractivity contribution is 0.669. The molecular weight excluding hydrogens is 631 g/mol. The van der Waals surface area contributed by atoms with Crippen molar-refractivity contribution in [3.05, 3.63) is 200 Å². The van der Waals surface area contributed by atoms with E-state index in [2.05, 4.69) is 193 Å². The van der Waals surface area contributed by atoms with E-state index in [1.54, 1.807) is 0 Å². The van der Waals surface area contributed by atoms with Crippen molar-refractivity contribution < 1.29 is 4.42 Å². The van der Waals surface area contributed by atoms with Gasteiger partial charge in [-0.1, -0.05) is 152 Å². The largest absolute Gasteiger partial charge is 0.456 e. The third-order valence-corrected chi connectivity index (χ3v) is 10.3. The highest BCUT2D eigenvalue weighted by Gasteiger charge is 2.20. The third-order valence-electron chi connectivity index (χ3n) is 10.3. The highest BCUT2D eigenvalue weighted by Crippen LogP contribution is 2.44. The molecule has 0 atom stereocenters. The van der Waals surface area contributed by atoms with Crippen LogP contribution in [0.4, 0.5) is 17.1 Å². The summed E-state index contributed by atoms with van der Waals surface area (Å²) in [6.45, 7) is 0. The zero-order valence-corrected chi connectivity index (χ0v) is 28.4. The zero-order chi connectivity index (χ0) is 34.4. The molecule has 0 radical (unpaired) electrons. The molecule has 0 saturated carbocycles. The van der Waals surface area contributed by atoms with E-state index < -0.39 is 0 Å². The quantitative estimate of drug-likeness (QED) is 0.176. The zero-order valence-electron chi connectivity index (χ0n) is 28.4. The van der Waals surface area contributed by atoms with Crippen LogP contribution in [0.2, 0.25) is 0 Å². The fourth-order valence-electron chi connectivity index (χ4n) is 7.76. The predicted molar refractivity (Wildman–Crippen MR) is 220 cm³/mol. The molecule has 0 N–H and O–H groups in total. The van der Waals surface area contributed by atoms with Gasteiger partial charge >= 0.3 is 0 Å². The normalized spacial score (nSPS) is 11.5. The average Bonchev–Trinajstić information content (AvgIpc) is 3.58. The van der Waals surface area contributed by atoms with Crippen LogP contribution in [0.3, 0.4) is 0 Å². The number of nitrogens with zero attached hydrogens (tertiary/aromatic N) is 1. The Morgan fingerprint density at radius 3 is 1.69 bits per heavy atom. The van der Waals surface area contributed by atoms with Crippen LogP contribution in [0.25, 0.3) is 76.9 Å². The molecule has 0 aliphatic heterocycles. The summed E-state index contributed by atoms with van der Waals surface area (Å²) in [5.74, 6) is 0. The molecule has 0 fully saturated rings. The maximum Gasteiger partial charge on any atom is 0.136 e. The molecular formula is C50H33NO. The summed E-state index contributed by atoms with van der Waals surface area (Å²) in [5.41, 5.74) is 12.2. The Balaban J connectivity index is 1.14. The van der Waals surface area contributed by atoms with Crippen molar-refractivity contribution in [2.45, 2.75) is 0 Å². The van der Waals surface area contributed by atoms with Gasteiger partial charge in [0.05, 0.1) is 5.69 Å². The van der Waals surface area contributed by atoms with Gasteiger partial charge in [-0.3, -0.25) is 0 Å². The molecule has 0 spiro atoms. The minimum Gasteiger partial charge on any atom is -0.456 e. The van der Waals surface area contributed by atoms with Crippen LogP contribution in [-0.2, 0) is 0 Å². The van der Waals surface area contributed by atoms with Gasteiger partial charge in [0.25, 0.3) is 0 Å². The van der Waals surface area contributed by atoms with Gasteiger partial charge in [-0.25, -0.2) is 0 Å². The molecule has 9 aromatic carbocycles. The van der Waals surface area contributed by atoms with Crippen LogP contribution in [0.1, 0.15) is 0 Å². The summed E-state index contributed by atoms with van der Waals surface area (Å²) < 4.78 is 6.38. The summed E-state index contributed by atoms with van der Waals surface area (Å²) in [7, 11) is 0. The van der Waals surface area contributed by atoms with Gasteiger partial charge in [0.1, 0.15) is 11.2 Å². The topological polar surface area (TPSA) is 16.4 Å². The van der Waals surface area contributed by atoms with Crippen LogP contribution >= 0.6 is 0 Å². The molecule has 0 aliphatic rings. The Labute approximate surface area is 302 Å². The van der Waals surface area contributed by atoms with E-state index in [-0.39, 0.29) is 0 Å². The highest BCUT2D eigenvalue weighted by atomic mass is 16.3. The second-order valence-corrected chi connectivity index (χ2v) is 13.3. The molecule has 0 unspecified atom stereocenters. The van der Waals surface area contributed by atoms with Gasteiger partial charge < -0.3 is 9.32 Å². The molecule has 10 rings (SSSR count). The first-order chi connectivity index (χ1) is 25.8. The lowest BCUT2D eigenvalue weighted by Gasteiger charge is -2.28. The Morgan fingerprint density at radius 2 is 0.885 bits per heavy atom. The van der Waals surface area contributed by atoms with Crippen LogP contribution in [0, 0.1) is 0 Å². The molecule has 0 amide bonds. The van der Waals surface area contributed by atoms with Gasteiger partial charge in [-0.2, -0.15) is 0 Å². The fraction of sp³-hybridized carbons (Fsp3) is 0. The Bertz CT molecular complexity index is 2880. The van der Waals surface area contributed by atoms with Crippen molar-refractivity contribution in [1.82, 2.24) is 0 Å². The molecule has 1 heterocycles. The average molecular weight is 664 g/mol. The number of hydrogen-bond acceptors (Lipinski definition) is 2. The van der Waals surface area contributed by atoms with E-state index >= 15 is 0 Å². The maximum atomic E-state index is 6.38. The third kappa shape index (κ3) is 5.12. The predicted octanol–water partition coefficient (Wildman–Crippen LogP) is 14.4. The van der Waals surface area contributed by atoms with E-state index in [0.29, 0.717) is 0 Å². The number of benzene rings is 9. The highest BCUT2D eigenvalue weighted by molar-refractivity contribution is 6.13. The van der Waals surface area contributed by atoms with Crippen molar-refractivity contribution in [3.8, 4) is 33.4 Å². The minimum atomic E-state index is 0.899. The molecule has 1 aromatic heterocycles. The van der Waals surface area contributed by atoms with Crippen LogP contribution in [0.5, 0.6) is 0 Å². The van der Waals surface area contributed by atoms with Gasteiger partial charge in [0.2, 0.25) is 0 Å². The van der Waals surface area contributed by atoms with Crippen molar-refractivity contribution in [3.63, 3.8) is 0 Å². The molecule has 0 bridgehead atoms. The smallest absolute Gasteiger partial charge is 0.136 e. The molecule has 0 saturated heterocycles. The molecule has 52 heavy (non-hydrogen) atoms. The molecule has 244 valence electrons.